The molecule has 184 valence electrons. The van der Waals surface area contributed by atoms with Gasteiger partial charge in [0.25, 0.3) is 0 Å². The normalized spacial score (nSPS) is 13.4. The lowest BCUT2D eigenvalue weighted by atomic mass is 10.2. The maximum atomic E-state index is 11.5. The van der Waals surface area contributed by atoms with Gasteiger partial charge in [0.15, 0.2) is 0 Å². The van der Waals surface area contributed by atoms with E-state index in [0.29, 0.717) is 5.95 Å². The predicted octanol–water partition coefficient (Wildman–Crippen LogP) is 5.58. The van der Waals surface area contributed by atoms with Crippen LogP contribution in [0.4, 0.5) is 23.0 Å². The number of nitrogens with zero attached hydrogens (tertiary/aromatic N) is 4. The second-order valence-corrected chi connectivity index (χ2v) is 9.03. The minimum atomic E-state index is -0.227. The van der Waals surface area contributed by atoms with Crippen LogP contribution in [-0.2, 0) is 4.79 Å². The second-order valence-electron chi connectivity index (χ2n) is 7.97. The van der Waals surface area contributed by atoms with E-state index in [4.69, 9.17) is 4.98 Å². The van der Waals surface area contributed by atoms with Crippen LogP contribution in [0, 0.1) is 6.92 Å². The number of hydrogen-bond acceptors (Lipinski definition) is 7. The number of hydrogen-bond donors (Lipinski definition) is 2. The van der Waals surface area contributed by atoms with Crippen LogP contribution in [-0.4, -0.2) is 54.0 Å². The molecule has 7 nitrogen and oxygen atoms in total. The number of benzene rings is 2. The highest BCUT2D eigenvalue weighted by Crippen LogP contribution is 2.30. The summed E-state index contributed by atoms with van der Waals surface area (Å²) in [5.74, 6) is 0.336. The molecule has 0 atom stereocenters. The molecule has 2 N–H and O–H groups in total. The molecule has 0 bridgehead atoms. The fourth-order valence-electron chi connectivity index (χ4n) is 3.48. The highest BCUT2D eigenvalue weighted by Gasteiger charge is 2.15. The largest absolute Gasteiger partial charge is 0.369 e. The smallest absolute Gasteiger partial charge is 0.247 e. The summed E-state index contributed by atoms with van der Waals surface area (Å²) < 4.78 is 0. The van der Waals surface area contributed by atoms with Crippen LogP contribution >= 0.6 is 11.8 Å². The summed E-state index contributed by atoms with van der Waals surface area (Å²) in [6.45, 7) is 13.7. The summed E-state index contributed by atoms with van der Waals surface area (Å²) in [6, 6.07) is 16.0. The molecular weight excluding hydrogens is 456 g/mol. The number of anilines is 4. The van der Waals surface area contributed by atoms with E-state index in [2.05, 4.69) is 57.2 Å². The molecular formula is C27H34N6OS. The Bertz CT molecular complexity index is 1130. The van der Waals surface area contributed by atoms with Crippen molar-refractivity contribution in [2.45, 2.75) is 30.7 Å². The van der Waals surface area contributed by atoms with E-state index in [1.807, 2.05) is 57.3 Å². The Labute approximate surface area is 212 Å². The van der Waals surface area contributed by atoms with Gasteiger partial charge in [-0.05, 0) is 62.5 Å². The highest BCUT2D eigenvalue weighted by molar-refractivity contribution is 7.99. The molecule has 0 aliphatic carbocycles. The van der Waals surface area contributed by atoms with Crippen LogP contribution in [0.3, 0.4) is 0 Å². The number of carbonyl (C=O) groups excluding carboxylic acids is 1. The lowest BCUT2D eigenvalue weighted by Crippen LogP contribution is -2.44. The van der Waals surface area contributed by atoms with Gasteiger partial charge < -0.3 is 20.4 Å². The molecule has 1 amide bonds. The number of likely N-dealkylation sites (N-methyl/N-ethyl adjacent to an activating group) is 1. The first kappa shape index (κ1) is 26.2. The summed E-state index contributed by atoms with van der Waals surface area (Å²) in [7, 11) is 2.16. The van der Waals surface area contributed by atoms with Crippen LogP contribution in [0.5, 0.6) is 0 Å². The van der Waals surface area contributed by atoms with Gasteiger partial charge in [-0.15, -0.1) is 0 Å². The van der Waals surface area contributed by atoms with Gasteiger partial charge in [-0.3, -0.25) is 4.79 Å². The van der Waals surface area contributed by atoms with E-state index < -0.39 is 0 Å². The van der Waals surface area contributed by atoms with Crippen molar-refractivity contribution in [1.82, 2.24) is 14.9 Å². The molecule has 0 radical (unpaired) electrons. The van der Waals surface area contributed by atoms with Gasteiger partial charge in [0.2, 0.25) is 11.9 Å². The zero-order chi connectivity index (χ0) is 25.2. The van der Waals surface area contributed by atoms with Crippen molar-refractivity contribution in [1.29, 1.82) is 0 Å². The molecule has 1 saturated heterocycles. The average Bonchev–Trinajstić information content (AvgIpc) is 2.89. The zero-order valence-electron chi connectivity index (χ0n) is 20.9. The fraction of sp³-hybridized carbons (Fsp3) is 0.296. The van der Waals surface area contributed by atoms with Gasteiger partial charge >= 0.3 is 0 Å². The van der Waals surface area contributed by atoms with Crippen LogP contribution in [0.25, 0.3) is 0 Å². The van der Waals surface area contributed by atoms with E-state index in [-0.39, 0.29) is 5.91 Å². The molecule has 1 aromatic heterocycles. The molecule has 2 aromatic carbocycles. The van der Waals surface area contributed by atoms with Gasteiger partial charge in [-0.2, -0.15) is 0 Å². The lowest BCUT2D eigenvalue weighted by molar-refractivity contribution is -0.111. The fourth-order valence-corrected chi connectivity index (χ4v) is 4.32. The molecule has 0 spiro atoms. The highest BCUT2D eigenvalue weighted by atomic mass is 32.2. The Balaban J connectivity index is 0.00000167. The Hall–Kier alpha value is -3.36. The van der Waals surface area contributed by atoms with E-state index in [0.717, 1.165) is 53.0 Å². The van der Waals surface area contributed by atoms with Crippen molar-refractivity contribution in [2.24, 2.45) is 0 Å². The SMILES string of the molecule is C=CC(=O)Nc1ccc(Sc2nc(Nc3cccc(N4CCN(C)CC4)c3)ncc2C)cc1.CC. The minimum Gasteiger partial charge on any atom is -0.369 e. The summed E-state index contributed by atoms with van der Waals surface area (Å²) >= 11 is 1.56. The molecule has 1 aliphatic rings. The van der Waals surface area contributed by atoms with Gasteiger partial charge in [0.1, 0.15) is 5.03 Å². The van der Waals surface area contributed by atoms with E-state index in [1.165, 1.54) is 11.8 Å². The number of aryl methyl sites for hydroxylation is 1. The first-order valence-corrected chi connectivity index (χ1v) is 12.7. The molecule has 1 fully saturated rings. The van der Waals surface area contributed by atoms with Crippen molar-refractivity contribution in [3.8, 4) is 0 Å². The Morgan fingerprint density at radius 2 is 1.77 bits per heavy atom. The maximum absolute atomic E-state index is 11.5. The van der Waals surface area contributed by atoms with Crippen molar-refractivity contribution < 1.29 is 4.79 Å². The standard InChI is InChI=1S/C25H28N6OS.C2H6/c1-4-23(32)27-19-8-10-22(11-9-19)33-24-18(2)17-26-25(29-24)28-20-6-5-7-21(16-20)31-14-12-30(3)13-15-31;1-2/h4-11,16-17H,1,12-15H2,2-3H3,(H,27,32)(H,26,28,29);1-2H3. The number of piperazine rings is 1. The van der Waals surface area contributed by atoms with Crippen LogP contribution < -0.4 is 15.5 Å². The topological polar surface area (TPSA) is 73.4 Å². The van der Waals surface area contributed by atoms with Crippen molar-refractivity contribution in [2.75, 3.05) is 48.8 Å². The van der Waals surface area contributed by atoms with Gasteiger partial charge in [-0.25, -0.2) is 9.97 Å². The Kier molecular flexibility index (Phi) is 9.69. The van der Waals surface area contributed by atoms with Crippen LogP contribution in [0.2, 0.25) is 0 Å². The first-order valence-electron chi connectivity index (χ1n) is 11.9. The molecule has 2 heterocycles. The number of amides is 1. The monoisotopic (exact) mass is 490 g/mol. The van der Waals surface area contributed by atoms with Crippen molar-refractivity contribution >= 4 is 40.7 Å². The van der Waals surface area contributed by atoms with Gasteiger partial charge in [-0.1, -0.05) is 38.3 Å². The third kappa shape index (κ3) is 7.56. The molecule has 1 aliphatic heterocycles. The number of nitrogens with one attached hydrogen (secondary N) is 2. The third-order valence-corrected chi connectivity index (χ3v) is 6.53. The van der Waals surface area contributed by atoms with Gasteiger partial charge in [0.05, 0.1) is 0 Å². The predicted molar refractivity (Wildman–Crippen MR) is 147 cm³/mol. The van der Waals surface area contributed by atoms with E-state index in [1.54, 1.807) is 11.8 Å². The summed E-state index contributed by atoms with van der Waals surface area (Å²) in [5, 5.41) is 6.99. The summed E-state index contributed by atoms with van der Waals surface area (Å²) in [5.41, 5.74) is 3.90. The quantitative estimate of drug-likeness (QED) is 0.331. The first-order chi connectivity index (χ1) is 17.0. The average molecular weight is 491 g/mol. The third-order valence-electron chi connectivity index (χ3n) is 5.42. The summed E-state index contributed by atoms with van der Waals surface area (Å²) in [4.78, 5) is 26.4. The van der Waals surface area contributed by atoms with Gasteiger partial charge in [0, 0.05) is 59.9 Å². The zero-order valence-corrected chi connectivity index (χ0v) is 21.7. The lowest BCUT2D eigenvalue weighted by Gasteiger charge is -2.34. The van der Waals surface area contributed by atoms with Crippen molar-refractivity contribution in [3.05, 3.63) is 72.9 Å². The Morgan fingerprint density at radius 1 is 1.06 bits per heavy atom. The molecule has 3 aromatic rings. The van der Waals surface area contributed by atoms with E-state index in [9.17, 15) is 4.79 Å². The molecule has 35 heavy (non-hydrogen) atoms. The summed E-state index contributed by atoms with van der Waals surface area (Å²) in [6.07, 6.45) is 3.09. The number of aromatic nitrogens is 2. The number of rotatable bonds is 7. The second kappa shape index (κ2) is 12.9. The Morgan fingerprint density at radius 3 is 2.46 bits per heavy atom. The number of carbonyl (C=O) groups is 1. The van der Waals surface area contributed by atoms with E-state index >= 15 is 0 Å². The van der Waals surface area contributed by atoms with Crippen LogP contribution in [0.15, 0.2) is 77.3 Å². The van der Waals surface area contributed by atoms with Crippen LogP contribution in [0.1, 0.15) is 19.4 Å². The molecule has 4 rings (SSSR count). The molecule has 0 unspecified atom stereocenters. The molecule has 0 saturated carbocycles. The van der Waals surface area contributed by atoms with Crippen molar-refractivity contribution in [3.63, 3.8) is 0 Å². The minimum absolute atomic E-state index is 0.227. The molecule has 8 heteroatoms. The maximum Gasteiger partial charge on any atom is 0.247 e.